The van der Waals surface area contributed by atoms with E-state index >= 15 is 0 Å². The summed E-state index contributed by atoms with van der Waals surface area (Å²) in [5, 5.41) is 17.6. The molecule has 0 aromatic carbocycles. The van der Waals surface area contributed by atoms with E-state index in [1.54, 1.807) is 6.26 Å². The first-order valence-electron chi connectivity index (χ1n) is 10.9. The van der Waals surface area contributed by atoms with Gasteiger partial charge in [-0.3, -0.25) is 14.8 Å². The van der Waals surface area contributed by atoms with Gasteiger partial charge in [0.25, 0.3) is 0 Å². The van der Waals surface area contributed by atoms with E-state index in [0.29, 0.717) is 19.6 Å². The zero-order valence-corrected chi connectivity index (χ0v) is 20.6. The highest BCUT2D eigenvalue weighted by atomic mass is 127. The lowest BCUT2D eigenvalue weighted by Gasteiger charge is -2.33. The molecule has 2 aliphatic rings. The Bertz CT molecular complexity index is 614. The van der Waals surface area contributed by atoms with Crippen LogP contribution in [-0.4, -0.2) is 92.0 Å². The van der Waals surface area contributed by atoms with E-state index in [9.17, 15) is 5.11 Å². The van der Waals surface area contributed by atoms with Crippen molar-refractivity contribution in [1.82, 2.24) is 20.4 Å². The standard InChI is InChI=1S/C21H37N5O3.HI/c1-3-22-20(24-16-21(2,27)17-25-10-13-28-14-11-25)23-15-18(19-7-6-12-29-19)26-8-4-5-9-26;/h6-7,12,18,27H,3-5,8-11,13-17H2,1-2H3,(H2,22,23,24);1H. The number of ether oxygens (including phenoxy) is 1. The van der Waals surface area contributed by atoms with Crippen LogP contribution in [0.4, 0.5) is 0 Å². The van der Waals surface area contributed by atoms with Crippen LogP contribution < -0.4 is 10.6 Å². The van der Waals surface area contributed by atoms with Crippen LogP contribution in [0.2, 0.25) is 0 Å². The minimum Gasteiger partial charge on any atom is -0.468 e. The number of aliphatic hydroxyl groups is 1. The molecule has 2 fully saturated rings. The van der Waals surface area contributed by atoms with Crippen LogP contribution in [0.3, 0.4) is 0 Å². The van der Waals surface area contributed by atoms with Crippen molar-refractivity contribution in [2.45, 2.75) is 38.3 Å². The molecule has 1 aromatic rings. The van der Waals surface area contributed by atoms with Crippen LogP contribution in [0.5, 0.6) is 0 Å². The van der Waals surface area contributed by atoms with E-state index in [0.717, 1.165) is 57.7 Å². The van der Waals surface area contributed by atoms with Gasteiger partial charge < -0.3 is 24.9 Å². The molecule has 3 heterocycles. The molecule has 0 saturated carbocycles. The lowest BCUT2D eigenvalue weighted by molar-refractivity contribution is -0.0180. The topological polar surface area (TPSA) is 85.5 Å². The molecule has 9 heteroatoms. The monoisotopic (exact) mass is 535 g/mol. The maximum Gasteiger partial charge on any atom is 0.191 e. The number of hydrogen-bond acceptors (Lipinski definition) is 6. The minimum atomic E-state index is -0.880. The van der Waals surface area contributed by atoms with Crippen molar-refractivity contribution in [2.24, 2.45) is 4.99 Å². The molecule has 0 spiro atoms. The Kier molecular flexibility index (Phi) is 10.9. The SMILES string of the molecule is CCNC(=NCC(C)(O)CN1CCOCC1)NCC(c1ccco1)N1CCCC1.I. The number of rotatable bonds is 9. The smallest absolute Gasteiger partial charge is 0.191 e. The largest absolute Gasteiger partial charge is 0.468 e. The maximum absolute atomic E-state index is 10.8. The summed E-state index contributed by atoms with van der Waals surface area (Å²) < 4.78 is 11.1. The molecule has 0 bridgehead atoms. The summed E-state index contributed by atoms with van der Waals surface area (Å²) in [6, 6.07) is 4.17. The molecule has 0 aliphatic carbocycles. The molecule has 2 atom stereocenters. The van der Waals surface area contributed by atoms with Crippen LogP contribution in [0, 0.1) is 0 Å². The first-order valence-corrected chi connectivity index (χ1v) is 10.9. The summed E-state index contributed by atoms with van der Waals surface area (Å²) in [6.45, 7) is 11.7. The number of likely N-dealkylation sites (tertiary alicyclic amines) is 1. The lowest BCUT2D eigenvalue weighted by Crippen LogP contribution is -2.48. The quantitative estimate of drug-likeness (QED) is 0.252. The molecule has 172 valence electrons. The summed E-state index contributed by atoms with van der Waals surface area (Å²) in [5.41, 5.74) is -0.880. The molecule has 2 saturated heterocycles. The second kappa shape index (κ2) is 12.8. The van der Waals surface area contributed by atoms with Gasteiger partial charge in [0.15, 0.2) is 5.96 Å². The van der Waals surface area contributed by atoms with E-state index in [-0.39, 0.29) is 30.0 Å². The Morgan fingerprint density at radius 3 is 2.60 bits per heavy atom. The molecule has 0 radical (unpaired) electrons. The van der Waals surface area contributed by atoms with Gasteiger partial charge in [0.2, 0.25) is 0 Å². The van der Waals surface area contributed by atoms with E-state index in [4.69, 9.17) is 9.15 Å². The third-order valence-corrected chi connectivity index (χ3v) is 5.51. The first kappa shape index (κ1) is 25.4. The van der Waals surface area contributed by atoms with Gasteiger partial charge in [0.05, 0.1) is 37.7 Å². The zero-order chi connectivity index (χ0) is 20.5. The summed E-state index contributed by atoms with van der Waals surface area (Å²) in [7, 11) is 0. The number of nitrogens with one attached hydrogen (secondary N) is 2. The summed E-state index contributed by atoms with van der Waals surface area (Å²) in [5.74, 6) is 1.71. The minimum absolute atomic E-state index is 0. The Balaban J connectivity index is 0.00000320. The average Bonchev–Trinajstić information content (AvgIpc) is 3.41. The van der Waals surface area contributed by atoms with E-state index < -0.39 is 5.60 Å². The van der Waals surface area contributed by atoms with E-state index in [1.807, 2.05) is 26.0 Å². The Morgan fingerprint density at radius 1 is 1.23 bits per heavy atom. The summed E-state index contributed by atoms with van der Waals surface area (Å²) in [6.07, 6.45) is 4.20. The van der Waals surface area contributed by atoms with Gasteiger partial charge in [-0.2, -0.15) is 0 Å². The lowest BCUT2D eigenvalue weighted by atomic mass is 10.1. The third kappa shape index (κ3) is 7.99. The van der Waals surface area contributed by atoms with Gasteiger partial charge in [-0.15, -0.1) is 24.0 Å². The number of hydrogen-bond donors (Lipinski definition) is 3. The molecule has 3 rings (SSSR count). The molecule has 2 unspecified atom stereocenters. The van der Waals surface area contributed by atoms with Crippen molar-refractivity contribution in [3.63, 3.8) is 0 Å². The fourth-order valence-electron chi connectivity index (χ4n) is 4.02. The van der Waals surface area contributed by atoms with Crippen molar-refractivity contribution in [3.05, 3.63) is 24.2 Å². The summed E-state index contributed by atoms with van der Waals surface area (Å²) in [4.78, 5) is 9.37. The average molecular weight is 535 g/mol. The number of β-amino-alcohol motifs (C(OH)–C–C–N with tert-alkyl or cyclic N) is 1. The highest BCUT2D eigenvalue weighted by Gasteiger charge is 2.27. The van der Waals surface area contributed by atoms with Crippen molar-refractivity contribution in [3.8, 4) is 0 Å². The fraction of sp³-hybridized carbons (Fsp3) is 0.762. The van der Waals surface area contributed by atoms with Crippen LogP contribution in [0.15, 0.2) is 27.8 Å². The van der Waals surface area contributed by atoms with Crippen LogP contribution in [0.1, 0.15) is 38.5 Å². The molecule has 1 aromatic heterocycles. The third-order valence-electron chi connectivity index (χ3n) is 5.51. The molecular weight excluding hydrogens is 497 g/mol. The number of halogens is 1. The van der Waals surface area contributed by atoms with Gasteiger partial charge >= 0.3 is 0 Å². The normalized spacial score (nSPS) is 21.6. The van der Waals surface area contributed by atoms with Crippen LogP contribution in [-0.2, 0) is 4.74 Å². The van der Waals surface area contributed by atoms with E-state index in [2.05, 4.69) is 25.4 Å². The molecule has 0 amide bonds. The fourth-order valence-corrected chi connectivity index (χ4v) is 4.02. The summed E-state index contributed by atoms with van der Waals surface area (Å²) >= 11 is 0. The van der Waals surface area contributed by atoms with Crippen molar-refractivity contribution < 1.29 is 14.3 Å². The maximum atomic E-state index is 10.8. The van der Waals surface area contributed by atoms with Gasteiger partial charge in [-0.05, 0) is 51.9 Å². The first-order chi connectivity index (χ1) is 14.1. The van der Waals surface area contributed by atoms with Crippen molar-refractivity contribution in [1.29, 1.82) is 0 Å². The van der Waals surface area contributed by atoms with Crippen LogP contribution >= 0.6 is 24.0 Å². The Morgan fingerprint density at radius 2 is 1.97 bits per heavy atom. The number of morpholine rings is 1. The Hall–Kier alpha value is -0.880. The predicted octanol–water partition coefficient (Wildman–Crippen LogP) is 1.67. The Labute approximate surface area is 197 Å². The van der Waals surface area contributed by atoms with Gasteiger partial charge in [-0.25, -0.2) is 0 Å². The number of nitrogens with zero attached hydrogens (tertiary/aromatic N) is 3. The predicted molar refractivity (Wildman–Crippen MR) is 130 cm³/mol. The number of furan rings is 1. The molecule has 3 N–H and O–H groups in total. The van der Waals surface area contributed by atoms with Crippen LogP contribution in [0.25, 0.3) is 0 Å². The highest BCUT2D eigenvalue weighted by molar-refractivity contribution is 14.0. The molecule has 8 nitrogen and oxygen atoms in total. The second-order valence-corrected chi connectivity index (χ2v) is 8.24. The molecular formula is C21H38IN5O3. The highest BCUT2D eigenvalue weighted by Crippen LogP contribution is 2.24. The van der Waals surface area contributed by atoms with Gasteiger partial charge in [0, 0.05) is 32.7 Å². The molecule has 2 aliphatic heterocycles. The van der Waals surface area contributed by atoms with Gasteiger partial charge in [0.1, 0.15) is 5.76 Å². The van der Waals surface area contributed by atoms with Gasteiger partial charge in [-0.1, -0.05) is 0 Å². The number of aliphatic imine (C=N–C) groups is 1. The number of guanidine groups is 1. The van der Waals surface area contributed by atoms with E-state index in [1.165, 1.54) is 12.8 Å². The zero-order valence-electron chi connectivity index (χ0n) is 18.3. The second-order valence-electron chi connectivity index (χ2n) is 8.24. The van der Waals surface area contributed by atoms with Crippen molar-refractivity contribution in [2.75, 3.05) is 65.6 Å². The molecule has 30 heavy (non-hydrogen) atoms. The van der Waals surface area contributed by atoms with Crippen molar-refractivity contribution >= 4 is 29.9 Å².